The van der Waals surface area contributed by atoms with E-state index in [1.807, 2.05) is 12.1 Å². The molecule has 0 saturated heterocycles. The molecular formula is C14H13NO2. The number of allylic oxidation sites excluding steroid dienone is 2. The molecule has 0 saturated carbocycles. The van der Waals surface area contributed by atoms with Crippen LogP contribution in [0.25, 0.3) is 0 Å². The molecule has 17 heavy (non-hydrogen) atoms. The highest BCUT2D eigenvalue weighted by atomic mass is 16.3. The molecule has 0 bridgehead atoms. The molecule has 0 heterocycles. The molecule has 0 spiro atoms. The van der Waals surface area contributed by atoms with Crippen LogP contribution in [0.4, 0.5) is 0 Å². The third-order valence-corrected chi connectivity index (χ3v) is 2.41. The number of phenols is 1. The first kappa shape index (κ1) is 11.4. The number of aliphatic imine (C=N–C) groups is 1. The van der Waals surface area contributed by atoms with Gasteiger partial charge in [-0.2, -0.15) is 0 Å². The summed E-state index contributed by atoms with van der Waals surface area (Å²) in [5, 5.41) is 19.1. The minimum atomic E-state index is -0.610. The Kier molecular flexibility index (Phi) is 3.52. The van der Waals surface area contributed by atoms with Crippen molar-refractivity contribution in [2.24, 2.45) is 4.99 Å². The van der Waals surface area contributed by atoms with Gasteiger partial charge in [0, 0.05) is 23.6 Å². The molecular weight excluding hydrogens is 214 g/mol. The van der Waals surface area contributed by atoms with Gasteiger partial charge in [0.1, 0.15) is 5.75 Å². The summed E-state index contributed by atoms with van der Waals surface area (Å²) in [7, 11) is 0. The average Bonchev–Trinajstić information content (AvgIpc) is 2.34. The molecule has 1 unspecified atom stereocenters. The maximum absolute atomic E-state index is 9.59. The molecule has 0 aliphatic heterocycles. The van der Waals surface area contributed by atoms with Crippen molar-refractivity contribution in [2.75, 3.05) is 0 Å². The van der Waals surface area contributed by atoms with E-state index in [9.17, 15) is 10.2 Å². The highest BCUT2D eigenvalue weighted by Crippen LogP contribution is 2.14. The first-order valence-electron chi connectivity index (χ1n) is 5.31. The lowest BCUT2D eigenvalue weighted by Gasteiger charge is -2.08. The number of para-hydroxylation sites is 1. The van der Waals surface area contributed by atoms with Gasteiger partial charge in [-0.05, 0) is 12.1 Å². The van der Waals surface area contributed by atoms with Gasteiger partial charge in [-0.25, -0.2) is 0 Å². The van der Waals surface area contributed by atoms with E-state index in [1.165, 1.54) is 0 Å². The van der Waals surface area contributed by atoms with Crippen molar-refractivity contribution in [3.05, 3.63) is 65.9 Å². The molecule has 0 amide bonds. The first-order valence-corrected chi connectivity index (χ1v) is 5.31. The van der Waals surface area contributed by atoms with Crippen LogP contribution in [0.1, 0.15) is 5.56 Å². The van der Waals surface area contributed by atoms with Crippen LogP contribution in [-0.4, -0.2) is 22.5 Å². The van der Waals surface area contributed by atoms with Gasteiger partial charge in [0.15, 0.2) is 0 Å². The summed E-state index contributed by atoms with van der Waals surface area (Å²) >= 11 is 0. The number of aliphatic hydroxyl groups is 1. The zero-order valence-electron chi connectivity index (χ0n) is 9.19. The number of hydrogen-bond donors (Lipinski definition) is 2. The molecule has 2 N–H and O–H groups in total. The fraction of sp³-hybridized carbons (Fsp3) is 0.0714. The lowest BCUT2D eigenvalue weighted by atomic mass is 10.1. The van der Waals surface area contributed by atoms with Gasteiger partial charge in [0.05, 0.1) is 6.10 Å². The predicted octanol–water partition coefficient (Wildman–Crippen LogP) is 2.18. The summed E-state index contributed by atoms with van der Waals surface area (Å²) in [4.78, 5) is 4.08. The highest BCUT2D eigenvalue weighted by molar-refractivity contribution is 5.83. The third-order valence-electron chi connectivity index (χ3n) is 2.41. The molecule has 1 aromatic rings. The Bertz CT molecular complexity index is 513. The van der Waals surface area contributed by atoms with Gasteiger partial charge < -0.3 is 10.2 Å². The molecule has 1 aliphatic carbocycles. The van der Waals surface area contributed by atoms with Crippen LogP contribution >= 0.6 is 0 Å². The van der Waals surface area contributed by atoms with E-state index in [2.05, 4.69) is 4.99 Å². The zero-order valence-corrected chi connectivity index (χ0v) is 9.19. The van der Waals surface area contributed by atoms with Gasteiger partial charge in [0.25, 0.3) is 0 Å². The van der Waals surface area contributed by atoms with E-state index in [0.29, 0.717) is 5.56 Å². The smallest absolute Gasteiger partial charge is 0.124 e. The van der Waals surface area contributed by atoms with E-state index in [-0.39, 0.29) is 5.75 Å². The van der Waals surface area contributed by atoms with Crippen molar-refractivity contribution in [3.8, 4) is 5.75 Å². The molecule has 1 aromatic carbocycles. The van der Waals surface area contributed by atoms with Gasteiger partial charge in [-0.1, -0.05) is 36.4 Å². The zero-order chi connectivity index (χ0) is 12.1. The van der Waals surface area contributed by atoms with E-state index in [0.717, 1.165) is 5.57 Å². The van der Waals surface area contributed by atoms with Gasteiger partial charge in [0.2, 0.25) is 0 Å². The van der Waals surface area contributed by atoms with Crippen LogP contribution in [0.5, 0.6) is 5.75 Å². The number of rotatable bonds is 2. The Hall–Kier alpha value is -2.13. The van der Waals surface area contributed by atoms with Gasteiger partial charge in [-0.3, -0.25) is 4.99 Å². The molecule has 2 rings (SSSR count). The normalized spacial score (nSPS) is 21.5. The van der Waals surface area contributed by atoms with Crippen LogP contribution < -0.4 is 0 Å². The maximum atomic E-state index is 9.59. The van der Waals surface area contributed by atoms with Crippen molar-refractivity contribution in [1.82, 2.24) is 0 Å². The third kappa shape index (κ3) is 2.92. The summed E-state index contributed by atoms with van der Waals surface area (Å²) in [5.41, 5.74) is 1.37. The minimum absolute atomic E-state index is 0.189. The monoisotopic (exact) mass is 227 g/mol. The fourth-order valence-corrected chi connectivity index (χ4v) is 1.47. The fourth-order valence-electron chi connectivity index (χ4n) is 1.47. The number of aliphatic hydroxyl groups excluding tert-OH is 1. The van der Waals surface area contributed by atoms with Crippen molar-refractivity contribution in [3.63, 3.8) is 0 Å². The second-order valence-corrected chi connectivity index (χ2v) is 3.65. The molecule has 1 aliphatic rings. The number of benzene rings is 1. The van der Waals surface area contributed by atoms with Crippen molar-refractivity contribution in [1.29, 1.82) is 0 Å². The summed E-state index contributed by atoms with van der Waals surface area (Å²) in [5.74, 6) is 0.189. The summed E-state index contributed by atoms with van der Waals surface area (Å²) < 4.78 is 0. The van der Waals surface area contributed by atoms with E-state index in [4.69, 9.17) is 0 Å². The SMILES string of the molecule is Oc1ccccc1C=NC=C1C=CC=CC1O. The molecule has 0 fully saturated rings. The number of hydrogen-bond acceptors (Lipinski definition) is 3. The molecule has 3 nitrogen and oxygen atoms in total. The average molecular weight is 227 g/mol. The van der Waals surface area contributed by atoms with Crippen molar-refractivity contribution in [2.45, 2.75) is 6.10 Å². The van der Waals surface area contributed by atoms with Crippen molar-refractivity contribution >= 4 is 6.21 Å². The molecule has 86 valence electrons. The minimum Gasteiger partial charge on any atom is -0.507 e. The van der Waals surface area contributed by atoms with Gasteiger partial charge in [-0.15, -0.1) is 0 Å². The topological polar surface area (TPSA) is 52.8 Å². The summed E-state index contributed by atoms with van der Waals surface area (Å²) in [6.45, 7) is 0. The van der Waals surface area contributed by atoms with E-state index >= 15 is 0 Å². The Morgan fingerprint density at radius 3 is 2.76 bits per heavy atom. The van der Waals surface area contributed by atoms with Gasteiger partial charge >= 0.3 is 0 Å². The molecule has 0 radical (unpaired) electrons. The van der Waals surface area contributed by atoms with Crippen molar-refractivity contribution < 1.29 is 10.2 Å². The molecule has 1 atom stereocenters. The van der Waals surface area contributed by atoms with Crippen LogP contribution in [0.3, 0.4) is 0 Å². The summed E-state index contributed by atoms with van der Waals surface area (Å²) in [6.07, 6.45) is 9.64. The Morgan fingerprint density at radius 1 is 1.18 bits per heavy atom. The summed E-state index contributed by atoms with van der Waals surface area (Å²) in [6, 6.07) is 6.95. The Labute approximate surface area is 99.8 Å². The number of aromatic hydroxyl groups is 1. The van der Waals surface area contributed by atoms with E-state index < -0.39 is 6.10 Å². The van der Waals surface area contributed by atoms with Crippen LogP contribution in [0.15, 0.2) is 65.3 Å². The first-order chi connectivity index (χ1) is 8.27. The van der Waals surface area contributed by atoms with Crippen LogP contribution in [0, 0.1) is 0 Å². The molecule has 3 heteroatoms. The standard InChI is InChI=1S/C14H13NO2/c16-13-7-3-1-5-11(13)9-15-10-12-6-2-4-8-14(12)17/h1-10,13,16-17H. The maximum Gasteiger partial charge on any atom is 0.124 e. The van der Waals surface area contributed by atoms with Crippen LogP contribution in [-0.2, 0) is 0 Å². The Balaban J connectivity index is 2.12. The number of nitrogens with zero attached hydrogens (tertiary/aromatic N) is 1. The predicted molar refractivity (Wildman–Crippen MR) is 68.1 cm³/mol. The van der Waals surface area contributed by atoms with Crippen LogP contribution in [0.2, 0.25) is 0 Å². The second kappa shape index (κ2) is 5.27. The Morgan fingerprint density at radius 2 is 2.00 bits per heavy atom. The van der Waals surface area contributed by atoms with E-state index in [1.54, 1.807) is 48.8 Å². The lowest BCUT2D eigenvalue weighted by Crippen LogP contribution is -2.06. The highest BCUT2D eigenvalue weighted by Gasteiger charge is 2.05. The number of phenolic OH excluding ortho intramolecular Hbond substituents is 1. The lowest BCUT2D eigenvalue weighted by molar-refractivity contribution is 0.262. The largest absolute Gasteiger partial charge is 0.507 e. The molecule has 0 aromatic heterocycles. The second-order valence-electron chi connectivity index (χ2n) is 3.65. The quantitative estimate of drug-likeness (QED) is 0.761.